The van der Waals surface area contributed by atoms with E-state index in [9.17, 15) is 9.59 Å². The van der Waals surface area contributed by atoms with Gasteiger partial charge in [-0.2, -0.15) is 4.98 Å². The van der Waals surface area contributed by atoms with E-state index < -0.39 is 37.9 Å². The largest absolute Gasteiger partial charge is 0.404 e. The number of nitrogens with one attached hydrogen (secondary N) is 2. The maximum Gasteiger partial charge on any atom is 0.280 e. The lowest BCUT2D eigenvalue weighted by Gasteiger charge is -2.46. The van der Waals surface area contributed by atoms with Gasteiger partial charge in [-0.05, 0) is 22.3 Å². The third-order valence-electron chi connectivity index (χ3n) is 9.11. The van der Waals surface area contributed by atoms with Crippen molar-refractivity contribution in [1.29, 1.82) is 0 Å². The molecule has 238 valence electrons. The van der Waals surface area contributed by atoms with Crippen LogP contribution in [-0.4, -0.2) is 71.4 Å². The Balaban J connectivity index is 1.40. The first-order valence-electron chi connectivity index (χ1n) is 15.3. The highest BCUT2D eigenvalue weighted by molar-refractivity contribution is 6.99. The molecule has 1 amide bonds. The fraction of sp³-hybridized carbons (Fsp3) is 0.455. The average molecular weight is 632 g/mol. The van der Waals surface area contributed by atoms with Crippen LogP contribution in [0.5, 0.6) is 0 Å². The lowest BCUT2D eigenvalue weighted by Crippen LogP contribution is -2.68. The summed E-state index contributed by atoms with van der Waals surface area (Å²) < 4.78 is 28.6. The summed E-state index contributed by atoms with van der Waals surface area (Å²) in [5.41, 5.74) is -1.04. The molecular weight excluding hydrogens is 590 g/mol. The minimum atomic E-state index is -2.91. The molecule has 2 saturated heterocycles. The van der Waals surface area contributed by atoms with Crippen LogP contribution in [0.4, 0.5) is 5.95 Å². The molecule has 6 rings (SSSR count). The van der Waals surface area contributed by atoms with Gasteiger partial charge in [0.05, 0.1) is 19.0 Å². The number of H-pyrrole nitrogens is 1. The van der Waals surface area contributed by atoms with Gasteiger partial charge in [-0.3, -0.25) is 24.5 Å². The van der Waals surface area contributed by atoms with Crippen LogP contribution in [0.25, 0.3) is 11.2 Å². The number of anilines is 1. The van der Waals surface area contributed by atoms with Crippen LogP contribution in [-0.2, 0) is 23.4 Å². The molecule has 2 aliphatic heterocycles. The quantitative estimate of drug-likeness (QED) is 0.269. The van der Waals surface area contributed by atoms with E-state index in [-0.39, 0.29) is 46.7 Å². The van der Waals surface area contributed by atoms with Crippen LogP contribution in [0.15, 0.2) is 71.8 Å². The second-order valence-corrected chi connectivity index (χ2v) is 17.5. The molecule has 4 aromatic rings. The van der Waals surface area contributed by atoms with E-state index in [2.05, 4.69) is 89.6 Å². The van der Waals surface area contributed by atoms with Crippen molar-refractivity contribution in [3.8, 4) is 0 Å². The van der Waals surface area contributed by atoms with Crippen molar-refractivity contribution < 1.29 is 23.4 Å². The standard InChI is InChI=1S/C33H41N5O6Si/c1-20(2)28(39)36-31-35-27-24(29(40)37-31)34-19-38(27)30-25-26(41-7)33(44-30,21(3)43-25)18-42-45(32(4,5)6,22-14-10-8-11-15-22)23-16-12-9-13-17-23/h8-17,19-21,25-26,30H,18H2,1-7H3,(H2,35,36,37,39,40)/t21-,25-,26+,30-,33+/m1/s1. The number of benzene rings is 2. The van der Waals surface area contributed by atoms with Gasteiger partial charge in [-0.15, -0.1) is 0 Å². The molecule has 2 aromatic heterocycles. The molecule has 2 aromatic carbocycles. The summed E-state index contributed by atoms with van der Waals surface area (Å²) >= 11 is 0. The van der Waals surface area contributed by atoms with E-state index in [0.717, 1.165) is 10.4 Å². The Morgan fingerprint density at radius 3 is 2.29 bits per heavy atom. The van der Waals surface area contributed by atoms with Crippen molar-refractivity contribution in [2.75, 3.05) is 19.0 Å². The third kappa shape index (κ3) is 5.05. The number of rotatable bonds is 9. The van der Waals surface area contributed by atoms with E-state index in [1.807, 2.05) is 19.1 Å². The van der Waals surface area contributed by atoms with Gasteiger partial charge in [-0.25, -0.2) is 4.98 Å². The number of hydrogen-bond donors (Lipinski definition) is 2. The Bertz CT molecular complexity index is 1700. The van der Waals surface area contributed by atoms with Gasteiger partial charge in [0.1, 0.15) is 17.8 Å². The van der Waals surface area contributed by atoms with Gasteiger partial charge < -0.3 is 18.6 Å². The Morgan fingerprint density at radius 1 is 1.11 bits per heavy atom. The van der Waals surface area contributed by atoms with Crippen molar-refractivity contribution in [3.63, 3.8) is 0 Å². The van der Waals surface area contributed by atoms with Crippen LogP contribution >= 0.6 is 0 Å². The predicted molar refractivity (Wildman–Crippen MR) is 173 cm³/mol. The Morgan fingerprint density at radius 2 is 1.73 bits per heavy atom. The highest BCUT2D eigenvalue weighted by atomic mass is 28.4. The number of amides is 1. The SMILES string of the molecule is CO[C@H]1[C@H]2O[C@H](C)[C@]1(CO[Si](c1ccccc1)(c1ccccc1)C(C)(C)C)O[C@H]2n1cnc2c(=O)[nH]c(NC(=O)C(C)C)nc21. The van der Waals surface area contributed by atoms with Gasteiger partial charge in [0.2, 0.25) is 11.9 Å². The number of methoxy groups -OCH3 is 1. The predicted octanol–water partition coefficient (Wildman–Crippen LogP) is 3.36. The number of nitrogens with zero attached hydrogens (tertiary/aromatic N) is 3. The third-order valence-corrected chi connectivity index (χ3v) is 14.1. The Kier molecular flexibility index (Phi) is 8.07. The summed E-state index contributed by atoms with van der Waals surface area (Å²) in [5.74, 6) is -0.522. The van der Waals surface area contributed by atoms with Crippen molar-refractivity contribution in [1.82, 2.24) is 19.5 Å². The molecule has 0 saturated carbocycles. The van der Waals surface area contributed by atoms with E-state index in [1.165, 1.54) is 6.33 Å². The highest BCUT2D eigenvalue weighted by Crippen LogP contribution is 2.51. The second kappa shape index (κ2) is 11.6. The summed E-state index contributed by atoms with van der Waals surface area (Å²) in [5, 5.41) is 4.75. The minimum absolute atomic E-state index is 0.0402. The molecule has 0 spiro atoms. The van der Waals surface area contributed by atoms with Crippen molar-refractivity contribution in [2.45, 2.75) is 76.7 Å². The fourth-order valence-electron chi connectivity index (χ4n) is 6.80. The molecule has 2 N–H and O–H groups in total. The molecule has 11 nitrogen and oxygen atoms in total. The maximum atomic E-state index is 12.9. The number of carbonyl (C=O) groups is 1. The number of carbonyl (C=O) groups excluding carboxylic acids is 1. The molecule has 45 heavy (non-hydrogen) atoms. The highest BCUT2D eigenvalue weighted by Gasteiger charge is 2.67. The molecule has 12 heteroatoms. The first-order chi connectivity index (χ1) is 21.4. The van der Waals surface area contributed by atoms with Gasteiger partial charge >= 0.3 is 0 Å². The van der Waals surface area contributed by atoms with Crippen molar-refractivity contribution >= 4 is 41.7 Å². The lowest BCUT2D eigenvalue weighted by atomic mass is 9.94. The molecule has 0 unspecified atom stereocenters. The first kappa shape index (κ1) is 31.3. The molecule has 0 aliphatic carbocycles. The minimum Gasteiger partial charge on any atom is -0.404 e. The van der Waals surface area contributed by atoms with Crippen LogP contribution in [0.2, 0.25) is 5.04 Å². The van der Waals surface area contributed by atoms with Crippen molar-refractivity contribution in [3.05, 3.63) is 77.3 Å². The van der Waals surface area contributed by atoms with Gasteiger partial charge in [-0.1, -0.05) is 95.3 Å². The monoisotopic (exact) mass is 631 g/mol. The van der Waals surface area contributed by atoms with Crippen LogP contribution in [0, 0.1) is 5.92 Å². The number of hydrogen-bond acceptors (Lipinski definition) is 8. The smallest absolute Gasteiger partial charge is 0.280 e. The van der Waals surface area contributed by atoms with Crippen molar-refractivity contribution in [2.24, 2.45) is 5.92 Å². The van der Waals surface area contributed by atoms with Gasteiger partial charge in [0, 0.05) is 13.0 Å². The maximum absolute atomic E-state index is 12.9. The zero-order chi connectivity index (χ0) is 32.1. The Hall–Kier alpha value is -3.68. The number of imidazole rings is 1. The summed E-state index contributed by atoms with van der Waals surface area (Å²) in [6.07, 6.45) is -0.546. The fourth-order valence-corrected chi connectivity index (χ4v) is 11.4. The zero-order valence-electron chi connectivity index (χ0n) is 26.7. The van der Waals surface area contributed by atoms with Gasteiger partial charge in [0.25, 0.3) is 13.9 Å². The van der Waals surface area contributed by atoms with Crippen LogP contribution < -0.4 is 21.2 Å². The molecule has 0 radical (unpaired) electrons. The zero-order valence-corrected chi connectivity index (χ0v) is 27.7. The molecule has 5 atom stereocenters. The van der Waals surface area contributed by atoms with E-state index in [0.29, 0.717) is 0 Å². The van der Waals surface area contributed by atoms with Crippen LogP contribution in [0.3, 0.4) is 0 Å². The molecule has 2 fully saturated rings. The molecule has 2 bridgehead atoms. The number of aromatic nitrogens is 4. The summed E-state index contributed by atoms with van der Waals surface area (Å²) in [6.45, 7) is 12.4. The van der Waals surface area contributed by atoms with E-state index in [1.54, 1.807) is 25.5 Å². The summed E-state index contributed by atoms with van der Waals surface area (Å²) in [6, 6.07) is 20.9. The number of ether oxygens (including phenoxy) is 3. The second-order valence-electron chi connectivity index (χ2n) is 13.2. The number of aromatic amines is 1. The number of fused-ring (bicyclic) bond motifs is 3. The molecular formula is C33H41N5O6Si. The van der Waals surface area contributed by atoms with E-state index in [4.69, 9.17) is 18.6 Å². The molecule has 2 aliphatic rings. The topological polar surface area (TPSA) is 130 Å². The normalized spacial score (nSPS) is 24.9. The van der Waals surface area contributed by atoms with Gasteiger partial charge in [0.15, 0.2) is 17.4 Å². The lowest BCUT2D eigenvalue weighted by molar-refractivity contribution is -0.215. The van der Waals surface area contributed by atoms with E-state index >= 15 is 0 Å². The van der Waals surface area contributed by atoms with Crippen LogP contribution in [0.1, 0.15) is 47.8 Å². The summed E-state index contributed by atoms with van der Waals surface area (Å²) in [7, 11) is -1.26. The average Bonchev–Trinajstić information content (AvgIpc) is 3.65. The molecule has 4 heterocycles. The summed E-state index contributed by atoms with van der Waals surface area (Å²) in [4.78, 5) is 36.8. The first-order valence-corrected chi connectivity index (χ1v) is 17.2. The Labute approximate surface area is 263 Å².